The fourth-order valence-corrected chi connectivity index (χ4v) is 4.37. The average Bonchev–Trinajstić information content (AvgIpc) is 2.75. The van der Waals surface area contributed by atoms with E-state index in [9.17, 15) is 9.90 Å². The van der Waals surface area contributed by atoms with Crippen molar-refractivity contribution in [2.45, 2.75) is 57.2 Å². The van der Waals surface area contributed by atoms with Gasteiger partial charge in [-0.15, -0.1) is 0 Å². The summed E-state index contributed by atoms with van der Waals surface area (Å²) in [6.07, 6.45) is 5.01. The molecule has 0 radical (unpaired) electrons. The van der Waals surface area contributed by atoms with Crippen LogP contribution in [0.1, 0.15) is 49.9 Å². The van der Waals surface area contributed by atoms with E-state index in [1.165, 1.54) is 0 Å². The highest BCUT2D eigenvalue weighted by Crippen LogP contribution is 2.22. The zero-order chi connectivity index (χ0) is 21.8. The zero-order valence-electron chi connectivity index (χ0n) is 18.4. The Bertz CT molecular complexity index is 905. The van der Waals surface area contributed by atoms with Crippen LogP contribution in [0.5, 0.6) is 0 Å². The molecule has 8 heteroatoms. The Balaban J connectivity index is 1.42. The Morgan fingerprint density at radius 2 is 1.97 bits per heavy atom. The van der Waals surface area contributed by atoms with Crippen LogP contribution in [0.3, 0.4) is 0 Å². The second-order valence-corrected chi connectivity index (χ2v) is 9.34. The van der Waals surface area contributed by atoms with Gasteiger partial charge in [-0.25, -0.2) is 9.97 Å². The number of morpholine rings is 1. The number of rotatable bonds is 6. The molecule has 0 spiro atoms. The Hall–Kier alpha value is -2.29. The van der Waals surface area contributed by atoms with Crippen molar-refractivity contribution in [2.75, 3.05) is 38.2 Å². The number of carbonyl (C=O) groups is 1. The maximum atomic E-state index is 12.9. The lowest BCUT2D eigenvalue weighted by Crippen LogP contribution is -2.53. The first-order valence-corrected chi connectivity index (χ1v) is 11.2. The first-order chi connectivity index (χ1) is 14.9. The first-order valence-electron chi connectivity index (χ1n) is 11.2. The van der Waals surface area contributed by atoms with Gasteiger partial charge in [0.2, 0.25) is 5.95 Å². The zero-order valence-corrected chi connectivity index (χ0v) is 18.4. The summed E-state index contributed by atoms with van der Waals surface area (Å²) in [5.41, 5.74) is 0.979. The fourth-order valence-electron chi connectivity index (χ4n) is 4.37. The van der Waals surface area contributed by atoms with E-state index in [1.807, 2.05) is 32.0 Å². The standard InChI is InChI=1S/C23H33N5O3/c1-23(2,15-28-9-11-31-12-10-28)27-21(30)16-3-4-17-14-24-22(26-20(17)13-16)25-18-5-7-19(29)8-6-18/h3-4,13-14,18-19,29H,5-12,15H2,1-2H3,(H,27,30)(H,24,25,26)/t18-,19-. The number of anilines is 1. The molecular formula is C23H33N5O3. The Kier molecular flexibility index (Phi) is 6.69. The van der Waals surface area contributed by atoms with Crippen LogP contribution in [-0.2, 0) is 4.74 Å². The number of benzene rings is 1. The molecule has 8 nitrogen and oxygen atoms in total. The molecule has 1 aliphatic heterocycles. The molecule has 1 aliphatic carbocycles. The number of aromatic nitrogens is 2. The van der Waals surface area contributed by atoms with Gasteiger partial charge in [0.1, 0.15) is 0 Å². The van der Waals surface area contributed by atoms with E-state index in [1.54, 1.807) is 6.20 Å². The van der Waals surface area contributed by atoms with Crippen LogP contribution in [0.15, 0.2) is 24.4 Å². The Labute approximate surface area is 183 Å². The predicted molar refractivity (Wildman–Crippen MR) is 120 cm³/mol. The molecular weight excluding hydrogens is 394 g/mol. The normalized spacial score (nSPS) is 22.9. The second kappa shape index (κ2) is 9.46. The van der Waals surface area contributed by atoms with E-state index in [0.717, 1.165) is 69.4 Å². The number of carbonyl (C=O) groups excluding carboxylic acids is 1. The van der Waals surface area contributed by atoms with E-state index in [2.05, 4.69) is 25.5 Å². The summed E-state index contributed by atoms with van der Waals surface area (Å²) in [5.74, 6) is 0.466. The van der Waals surface area contributed by atoms with Crippen LogP contribution >= 0.6 is 0 Å². The predicted octanol–water partition coefficient (Wildman–Crippen LogP) is 2.19. The minimum Gasteiger partial charge on any atom is -0.393 e. The van der Waals surface area contributed by atoms with Crippen molar-refractivity contribution in [2.24, 2.45) is 0 Å². The maximum Gasteiger partial charge on any atom is 0.251 e. The fraction of sp³-hybridized carbons (Fsp3) is 0.609. The largest absolute Gasteiger partial charge is 0.393 e. The lowest BCUT2D eigenvalue weighted by atomic mass is 9.93. The van der Waals surface area contributed by atoms with Crippen molar-refractivity contribution >= 4 is 22.8 Å². The minimum atomic E-state index is -0.354. The summed E-state index contributed by atoms with van der Waals surface area (Å²) in [5, 5.41) is 17.1. The highest BCUT2D eigenvalue weighted by Gasteiger charge is 2.26. The van der Waals surface area contributed by atoms with E-state index in [4.69, 9.17) is 4.74 Å². The highest BCUT2D eigenvalue weighted by molar-refractivity contribution is 5.98. The van der Waals surface area contributed by atoms with Gasteiger partial charge < -0.3 is 20.5 Å². The van der Waals surface area contributed by atoms with Crippen LogP contribution in [0.25, 0.3) is 10.9 Å². The van der Waals surface area contributed by atoms with Crippen molar-refractivity contribution in [1.82, 2.24) is 20.2 Å². The second-order valence-electron chi connectivity index (χ2n) is 9.34. The Morgan fingerprint density at radius 1 is 1.23 bits per heavy atom. The lowest BCUT2D eigenvalue weighted by molar-refractivity contribution is 0.0269. The molecule has 1 saturated heterocycles. The number of aliphatic hydroxyl groups excluding tert-OH is 1. The molecule has 1 amide bonds. The number of fused-ring (bicyclic) bond motifs is 1. The van der Waals surface area contributed by atoms with Gasteiger partial charge in [0.05, 0.1) is 24.8 Å². The molecule has 0 unspecified atom stereocenters. The average molecular weight is 428 g/mol. The van der Waals surface area contributed by atoms with Gasteiger partial charge in [-0.3, -0.25) is 9.69 Å². The summed E-state index contributed by atoms with van der Waals surface area (Å²) in [4.78, 5) is 24.3. The van der Waals surface area contributed by atoms with Gasteiger partial charge in [-0.05, 0) is 51.7 Å². The number of nitrogens with zero attached hydrogens (tertiary/aromatic N) is 3. The molecule has 1 saturated carbocycles. The van der Waals surface area contributed by atoms with Crippen molar-refractivity contribution in [3.8, 4) is 0 Å². The quantitative estimate of drug-likeness (QED) is 0.650. The van der Waals surface area contributed by atoms with Gasteiger partial charge in [0.25, 0.3) is 5.91 Å². The van der Waals surface area contributed by atoms with E-state index in [-0.39, 0.29) is 23.6 Å². The summed E-state index contributed by atoms with van der Waals surface area (Å²) < 4.78 is 5.41. The minimum absolute atomic E-state index is 0.102. The maximum absolute atomic E-state index is 12.9. The van der Waals surface area contributed by atoms with Crippen molar-refractivity contribution in [3.05, 3.63) is 30.0 Å². The van der Waals surface area contributed by atoms with E-state index < -0.39 is 0 Å². The number of nitrogens with one attached hydrogen (secondary N) is 2. The molecule has 0 atom stereocenters. The molecule has 2 heterocycles. The summed E-state index contributed by atoms with van der Waals surface area (Å²) in [6, 6.07) is 5.81. The molecule has 2 fully saturated rings. The summed E-state index contributed by atoms with van der Waals surface area (Å²) in [7, 11) is 0. The van der Waals surface area contributed by atoms with E-state index in [0.29, 0.717) is 11.5 Å². The SMILES string of the molecule is CC(C)(CN1CCOCC1)NC(=O)c1ccc2cnc(N[C@H]3CC[C@H](O)CC3)nc2c1. The van der Waals surface area contributed by atoms with Crippen LogP contribution < -0.4 is 10.6 Å². The molecule has 2 aromatic rings. The van der Waals surface area contributed by atoms with Crippen LogP contribution in [-0.4, -0.2) is 76.4 Å². The highest BCUT2D eigenvalue weighted by atomic mass is 16.5. The monoisotopic (exact) mass is 427 g/mol. The third-order valence-corrected chi connectivity index (χ3v) is 6.05. The smallest absolute Gasteiger partial charge is 0.251 e. The molecule has 3 N–H and O–H groups in total. The molecule has 0 bridgehead atoms. The van der Waals surface area contributed by atoms with Gasteiger partial charge in [-0.2, -0.15) is 0 Å². The first kappa shape index (κ1) is 21.9. The number of ether oxygens (including phenoxy) is 1. The number of aliphatic hydroxyl groups is 1. The lowest BCUT2D eigenvalue weighted by Gasteiger charge is -2.35. The third-order valence-electron chi connectivity index (χ3n) is 6.05. The van der Waals surface area contributed by atoms with E-state index >= 15 is 0 Å². The molecule has 1 aromatic carbocycles. The number of amides is 1. The molecule has 4 rings (SSSR count). The molecule has 168 valence electrons. The van der Waals surface area contributed by atoms with Gasteiger partial charge >= 0.3 is 0 Å². The van der Waals surface area contributed by atoms with Gasteiger partial charge in [0.15, 0.2) is 0 Å². The topological polar surface area (TPSA) is 99.6 Å². The summed E-state index contributed by atoms with van der Waals surface area (Å²) in [6.45, 7) is 8.14. The summed E-state index contributed by atoms with van der Waals surface area (Å²) >= 11 is 0. The molecule has 2 aliphatic rings. The molecule has 31 heavy (non-hydrogen) atoms. The van der Waals surface area contributed by atoms with Crippen molar-refractivity contribution in [3.63, 3.8) is 0 Å². The van der Waals surface area contributed by atoms with Crippen LogP contribution in [0.4, 0.5) is 5.95 Å². The van der Waals surface area contributed by atoms with Gasteiger partial charge in [0, 0.05) is 48.4 Å². The third kappa shape index (κ3) is 5.90. The van der Waals surface area contributed by atoms with Crippen LogP contribution in [0.2, 0.25) is 0 Å². The van der Waals surface area contributed by atoms with Gasteiger partial charge in [-0.1, -0.05) is 6.07 Å². The molecule has 1 aromatic heterocycles. The van der Waals surface area contributed by atoms with Crippen LogP contribution in [0, 0.1) is 0 Å². The number of hydrogen-bond donors (Lipinski definition) is 3. The van der Waals surface area contributed by atoms with Crippen molar-refractivity contribution < 1.29 is 14.6 Å². The van der Waals surface area contributed by atoms with Crippen molar-refractivity contribution in [1.29, 1.82) is 0 Å². The number of hydrogen-bond acceptors (Lipinski definition) is 7. The Morgan fingerprint density at radius 3 is 2.71 bits per heavy atom.